The lowest BCUT2D eigenvalue weighted by molar-refractivity contribution is -0.138. The molecule has 2 fully saturated rings. The number of rotatable bonds is 8. The molecule has 1 aromatic heterocycles. The minimum Gasteiger partial charge on any atom is -0.481 e. The van der Waals surface area contributed by atoms with Crippen LogP contribution in [0, 0.1) is 0 Å². The molecule has 3 heterocycles. The number of aliphatic carboxylic acids is 1. The molecule has 3 aromatic rings. The van der Waals surface area contributed by atoms with Crippen molar-refractivity contribution in [3.63, 3.8) is 0 Å². The molecule has 3 N–H and O–H groups in total. The summed E-state index contributed by atoms with van der Waals surface area (Å²) in [6, 6.07) is 10.8. The third kappa shape index (κ3) is 8.59. The van der Waals surface area contributed by atoms with E-state index in [0.717, 1.165) is 18.2 Å². The summed E-state index contributed by atoms with van der Waals surface area (Å²) in [5.74, 6) is -2.60. The van der Waals surface area contributed by atoms with Crippen molar-refractivity contribution in [2.45, 2.75) is 25.1 Å². The second-order valence-corrected chi connectivity index (χ2v) is 11.4. The van der Waals surface area contributed by atoms with E-state index in [9.17, 15) is 37.5 Å². The summed E-state index contributed by atoms with van der Waals surface area (Å²) in [4.78, 5) is 61.0. The molecule has 0 saturated carbocycles. The van der Waals surface area contributed by atoms with E-state index in [0.29, 0.717) is 70.2 Å². The first-order valence-corrected chi connectivity index (χ1v) is 15.4. The average molecular weight is 669 g/mol. The fourth-order valence-corrected chi connectivity index (χ4v) is 5.64. The Labute approximate surface area is 274 Å². The Morgan fingerprint density at radius 1 is 0.875 bits per heavy atom. The van der Waals surface area contributed by atoms with Gasteiger partial charge >= 0.3 is 18.2 Å². The molecule has 254 valence electrons. The van der Waals surface area contributed by atoms with Gasteiger partial charge in [-0.05, 0) is 54.4 Å². The molecule has 2 aliphatic rings. The second kappa shape index (κ2) is 15.2. The second-order valence-electron chi connectivity index (χ2n) is 11.4. The first-order valence-electron chi connectivity index (χ1n) is 15.4. The van der Waals surface area contributed by atoms with Gasteiger partial charge in [0.1, 0.15) is 0 Å². The van der Waals surface area contributed by atoms with Gasteiger partial charge < -0.3 is 35.2 Å². The predicted molar refractivity (Wildman–Crippen MR) is 169 cm³/mol. The molecule has 0 aliphatic carbocycles. The number of anilines is 2. The lowest BCUT2D eigenvalue weighted by Crippen LogP contribution is -2.49. The smallest absolute Gasteiger partial charge is 0.416 e. The molecule has 2 aromatic carbocycles. The zero-order valence-electron chi connectivity index (χ0n) is 25.9. The highest BCUT2D eigenvalue weighted by Gasteiger charge is 2.31. The predicted octanol–water partition coefficient (Wildman–Crippen LogP) is 4.26. The number of nitrogens with one attached hydrogen (secondary N) is 2. The van der Waals surface area contributed by atoms with Gasteiger partial charge in [0, 0.05) is 62.8 Å². The minimum absolute atomic E-state index is 0.0799. The Balaban J connectivity index is 1.42. The molecule has 48 heavy (non-hydrogen) atoms. The first kappa shape index (κ1) is 34.2. The zero-order valence-corrected chi connectivity index (χ0v) is 25.9. The number of halogens is 3. The molecular formula is C33H35F3N6O6. The van der Waals surface area contributed by atoms with E-state index in [-0.39, 0.29) is 22.8 Å². The van der Waals surface area contributed by atoms with Crippen LogP contribution in [0.5, 0.6) is 0 Å². The van der Waals surface area contributed by atoms with Crippen LogP contribution >= 0.6 is 0 Å². The SMILES string of the molecule is O=C(O)CC(NC(=O)c1ccc(N2CCCN(C(=O)N3CCOCC3)CC2)c(NC(=O)c2cccc(C(F)(F)F)c2)c1)c1cccnc1. The molecule has 1 atom stereocenters. The number of carboxylic acids is 1. The van der Waals surface area contributed by atoms with Crippen molar-refractivity contribution in [3.05, 3.63) is 89.2 Å². The largest absolute Gasteiger partial charge is 0.481 e. The van der Waals surface area contributed by atoms with Crippen LogP contribution in [-0.2, 0) is 15.7 Å². The molecule has 0 bridgehead atoms. The van der Waals surface area contributed by atoms with Crippen LogP contribution in [0.25, 0.3) is 0 Å². The molecule has 2 aliphatic heterocycles. The Bertz CT molecular complexity index is 1630. The number of ether oxygens (including phenoxy) is 1. The highest BCUT2D eigenvalue weighted by Crippen LogP contribution is 2.32. The molecule has 15 heteroatoms. The molecule has 1 unspecified atom stereocenters. The van der Waals surface area contributed by atoms with Crippen LogP contribution in [0.15, 0.2) is 67.0 Å². The lowest BCUT2D eigenvalue weighted by Gasteiger charge is -2.32. The fourth-order valence-electron chi connectivity index (χ4n) is 5.64. The van der Waals surface area contributed by atoms with Crippen molar-refractivity contribution in [2.75, 3.05) is 62.7 Å². The van der Waals surface area contributed by atoms with Crippen LogP contribution in [0.1, 0.15) is 50.7 Å². The summed E-state index contributed by atoms with van der Waals surface area (Å²) >= 11 is 0. The molecule has 4 amide bonds. The van der Waals surface area contributed by atoms with E-state index in [1.807, 2.05) is 4.90 Å². The summed E-state index contributed by atoms with van der Waals surface area (Å²) in [7, 11) is 0. The van der Waals surface area contributed by atoms with E-state index in [1.165, 1.54) is 30.6 Å². The molecule has 5 rings (SSSR count). The van der Waals surface area contributed by atoms with Gasteiger partial charge in [-0.15, -0.1) is 0 Å². The standard InChI is InChI=1S/C33H35F3N6O6/c34-33(35,36)25-6-1-4-22(18-25)30(45)39-27-19-23(31(46)38-26(20-29(43)44)24-5-2-9-37-21-24)7-8-28(27)40-10-3-11-41(13-12-40)32(47)42-14-16-48-17-15-42/h1-2,4-9,18-19,21,26H,3,10-17,20H2,(H,38,46)(H,39,45)(H,43,44). The number of pyridine rings is 1. The summed E-state index contributed by atoms with van der Waals surface area (Å²) in [5, 5.41) is 14.8. The van der Waals surface area contributed by atoms with Crippen molar-refractivity contribution in [1.29, 1.82) is 0 Å². The maximum Gasteiger partial charge on any atom is 0.416 e. The fraction of sp³-hybridized carbons (Fsp3) is 0.364. The van der Waals surface area contributed by atoms with Gasteiger partial charge in [-0.25, -0.2) is 4.79 Å². The van der Waals surface area contributed by atoms with Gasteiger partial charge in [0.2, 0.25) is 0 Å². The molecular weight excluding hydrogens is 633 g/mol. The molecule has 0 radical (unpaired) electrons. The molecule has 12 nitrogen and oxygen atoms in total. The van der Waals surface area contributed by atoms with Crippen molar-refractivity contribution in [3.8, 4) is 0 Å². The van der Waals surface area contributed by atoms with Gasteiger partial charge in [0.15, 0.2) is 0 Å². The summed E-state index contributed by atoms with van der Waals surface area (Å²) in [6.07, 6.45) is -1.51. The number of morpholine rings is 1. The summed E-state index contributed by atoms with van der Waals surface area (Å²) < 4.78 is 45.5. The van der Waals surface area contributed by atoms with E-state index >= 15 is 0 Å². The lowest BCUT2D eigenvalue weighted by atomic mass is 10.0. The summed E-state index contributed by atoms with van der Waals surface area (Å²) in [5.41, 5.74) is -0.00104. The number of hydrogen-bond acceptors (Lipinski definition) is 7. The number of urea groups is 1. The van der Waals surface area contributed by atoms with E-state index in [1.54, 1.807) is 28.0 Å². The Hall–Kier alpha value is -5.18. The quantitative estimate of drug-likeness (QED) is 0.323. The van der Waals surface area contributed by atoms with Gasteiger partial charge in [-0.3, -0.25) is 19.4 Å². The number of benzene rings is 2. The maximum atomic E-state index is 13.5. The first-order chi connectivity index (χ1) is 23.0. The monoisotopic (exact) mass is 668 g/mol. The van der Waals surface area contributed by atoms with Crippen LogP contribution in [0.3, 0.4) is 0 Å². The number of alkyl halides is 3. The van der Waals surface area contributed by atoms with Gasteiger partial charge in [0.25, 0.3) is 11.8 Å². The molecule has 0 spiro atoms. The van der Waals surface area contributed by atoms with E-state index < -0.39 is 42.0 Å². The Morgan fingerprint density at radius 3 is 2.33 bits per heavy atom. The number of nitrogens with zero attached hydrogens (tertiary/aromatic N) is 4. The van der Waals surface area contributed by atoms with Crippen molar-refractivity contribution < 1.29 is 42.2 Å². The van der Waals surface area contributed by atoms with Gasteiger partial charge in [-0.2, -0.15) is 13.2 Å². The number of hydrogen-bond donors (Lipinski definition) is 3. The third-order valence-electron chi connectivity index (χ3n) is 8.12. The van der Waals surface area contributed by atoms with Crippen molar-refractivity contribution in [1.82, 2.24) is 20.1 Å². The normalized spacial score (nSPS) is 16.1. The van der Waals surface area contributed by atoms with E-state index in [4.69, 9.17) is 4.74 Å². The Kier molecular flexibility index (Phi) is 10.8. The van der Waals surface area contributed by atoms with Crippen molar-refractivity contribution in [2.24, 2.45) is 0 Å². The number of carbonyl (C=O) groups is 4. The highest BCUT2D eigenvalue weighted by molar-refractivity contribution is 6.07. The number of amides is 4. The molecule has 2 saturated heterocycles. The van der Waals surface area contributed by atoms with Crippen LogP contribution < -0.4 is 15.5 Å². The van der Waals surface area contributed by atoms with Gasteiger partial charge in [-0.1, -0.05) is 12.1 Å². The van der Waals surface area contributed by atoms with E-state index in [2.05, 4.69) is 15.6 Å². The van der Waals surface area contributed by atoms with Crippen LogP contribution in [-0.4, -0.2) is 96.2 Å². The van der Waals surface area contributed by atoms with Crippen LogP contribution in [0.2, 0.25) is 0 Å². The number of carboxylic acid groups (broad SMARTS) is 1. The zero-order chi connectivity index (χ0) is 34.3. The van der Waals surface area contributed by atoms with Crippen molar-refractivity contribution >= 4 is 35.2 Å². The number of carbonyl (C=O) groups excluding carboxylic acids is 3. The maximum absolute atomic E-state index is 13.5. The minimum atomic E-state index is -4.66. The number of aromatic nitrogens is 1. The third-order valence-corrected chi connectivity index (χ3v) is 8.12. The van der Waals surface area contributed by atoms with Crippen LogP contribution in [0.4, 0.5) is 29.3 Å². The average Bonchev–Trinajstić information content (AvgIpc) is 3.34. The highest BCUT2D eigenvalue weighted by atomic mass is 19.4. The summed E-state index contributed by atoms with van der Waals surface area (Å²) in [6.45, 7) is 3.70. The topological polar surface area (TPSA) is 144 Å². The Morgan fingerprint density at radius 2 is 1.62 bits per heavy atom. The van der Waals surface area contributed by atoms with Gasteiger partial charge in [0.05, 0.1) is 42.6 Å².